The maximum atomic E-state index is 11.1. The van der Waals surface area contributed by atoms with Crippen molar-refractivity contribution >= 4 is 43.0 Å². The summed E-state index contributed by atoms with van der Waals surface area (Å²) in [5.74, 6) is 0. The second-order valence-corrected chi connectivity index (χ2v) is 4.51. The Hall–Kier alpha value is -0.680. The van der Waals surface area contributed by atoms with E-state index in [9.17, 15) is 4.79 Å². The van der Waals surface area contributed by atoms with E-state index in [4.69, 9.17) is 0 Å². The lowest BCUT2D eigenvalue weighted by atomic mass is 10.2. The second-order valence-electron chi connectivity index (χ2n) is 2.88. The van der Waals surface area contributed by atoms with Crippen LogP contribution >= 0.6 is 32.1 Å². The van der Waals surface area contributed by atoms with E-state index in [1.807, 2.05) is 18.3 Å². The van der Waals surface area contributed by atoms with Crippen molar-refractivity contribution in [1.29, 1.82) is 0 Å². The molecule has 1 aromatic rings. The monoisotopic (exact) mass is 316 g/mol. The van der Waals surface area contributed by atoms with Gasteiger partial charge in [-0.25, -0.2) is 0 Å². The van der Waals surface area contributed by atoms with Crippen molar-refractivity contribution < 1.29 is 4.79 Å². The number of nitrogens with zero attached hydrogens (tertiary/aromatic N) is 2. The van der Waals surface area contributed by atoms with Crippen molar-refractivity contribution in [3.05, 3.63) is 34.3 Å². The van der Waals surface area contributed by atoms with Crippen LogP contribution in [0.15, 0.2) is 23.2 Å². The molecule has 0 N–H and O–H groups in total. The van der Waals surface area contributed by atoms with E-state index in [1.165, 1.54) is 0 Å². The summed E-state index contributed by atoms with van der Waals surface area (Å²) in [4.78, 5) is 15.4. The minimum absolute atomic E-state index is 0.111. The fourth-order valence-corrected chi connectivity index (χ4v) is 1.84. The van der Waals surface area contributed by atoms with E-state index in [0.29, 0.717) is 12.2 Å². The molecule has 5 heteroatoms. The number of carbonyl (C=O) groups excluding carboxylic acids is 1. The highest BCUT2D eigenvalue weighted by molar-refractivity contribution is 9.18. The van der Waals surface area contributed by atoms with Crippen LogP contribution in [0.1, 0.15) is 10.4 Å². The highest BCUT2D eigenvalue weighted by Crippen LogP contribution is 2.03. The molecule has 0 spiro atoms. The van der Waals surface area contributed by atoms with Gasteiger partial charge in [-0.2, -0.15) is 0 Å². The molecule has 1 aliphatic heterocycles. The third-order valence-electron chi connectivity index (χ3n) is 1.91. The molecular formula is C9H6Br2N2O. The molecule has 0 unspecified atom stereocenters. The molecule has 1 aromatic carbocycles. The Morgan fingerprint density at radius 2 is 2.29 bits per heavy atom. The molecular weight excluding hydrogens is 312 g/mol. The summed E-state index contributed by atoms with van der Waals surface area (Å²) in [5, 5.41) is 1.86. The third kappa shape index (κ3) is 1.88. The molecule has 0 fully saturated rings. The SMILES string of the molecule is O=C(Br)c1ccc2c(c1)=CN(Br)CN=2. The lowest BCUT2D eigenvalue weighted by Gasteiger charge is -2.11. The number of rotatable bonds is 1. The zero-order valence-electron chi connectivity index (χ0n) is 7.08. The Morgan fingerprint density at radius 1 is 1.50 bits per heavy atom. The van der Waals surface area contributed by atoms with E-state index in [1.54, 1.807) is 9.99 Å². The predicted molar refractivity (Wildman–Crippen MR) is 60.6 cm³/mol. The Balaban J connectivity index is 2.65. The van der Waals surface area contributed by atoms with Crippen molar-refractivity contribution in [3.8, 4) is 0 Å². The zero-order chi connectivity index (χ0) is 10.1. The van der Waals surface area contributed by atoms with Crippen molar-refractivity contribution in [1.82, 2.24) is 3.93 Å². The van der Waals surface area contributed by atoms with Gasteiger partial charge in [0.1, 0.15) is 6.67 Å². The van der Waals surface area contributed by atoms with Gasteiger partial charge in [0.25, 0.3) is 0 Å². The van der Waals surface area contributed by atoms with Crippen molar-refractivity contribution in [2.24, 2.45) is 4.99 Å². The van der Waals surface area contributed by atoms with Crippen molar-refractivity contribution in [3.63, 3.8) is 0 Å². The number of halogens is 2. The fourth-order valence-electron chi connectivity index (χ4n) is 1.26. The van der Waals surface area contributed by atoms with Gasteiger partial charge in [-0.1, -0.05) is 0 Å². The van der Waals surface area contributed by atoms with Gasteiger partial charge in [0.15, 0.2) is 0 Å². The van der Waals surface area contributed by atoms with Gasteiger partial charge in [-0.15, -0.1) is 0 Å². The van der Waals surface area contributed by atoms with Crippen LogP contribution < -0.4 is 10.6 Å². The summed E-state index contributed by atoms with van der Waals surface area (Å²) in [5.41, 5.74) is 0.637. The average molecular weight is 318 g/mol. The van der Waals surface area contributed by atoms with Crippen molar-refractivity contribution in [2.45, 2.75) is 0 Å². The molecule has 0 atom stereocenters. The van der Waals surface area contributed by atoms with Gasteiger partial charge in [-0.3, -0.25) is 13.7 Å². The van der Waals surface area contributed by atoms with Crippen molar-refractivity contribution in [2.75, 3.05) is 6.67 Å². The molecule has 0 amide bonds. The molecule has 0 bridgehead atoms. The minimum atomic E-state index is -0.111. The molecule has 0 aliphatic carbocycles. The van der Waals surface area contributed by atoms with E-state index >= 15 is 0 Å². The molecule has 1 aliphatic rings. The summed E-state index contributed by atoms with van der Waals surface area (Å²) in [6.45, 7) is 0.592. The van der Waals surface area contributed by atoms with Crippen LogP contribution in [0.25, 0.3) is 6.20 Å². The van der Waals surface area contributed by atoms with Gasteiger partial charge >= 0.3 is 0 Å². The topological polar surface area (TPSA) is 32.7 Å². The smallest absolute Gasteiger partial charge is 0.228 e. The fraction of sp³-hybridized carbons (Fsp3) is 0.111. The summed E-state index contributed by atoms with van der Waals surface area (Å²) in [6.07, 6.45) is 1.90. The van der Waals surface area contributed by atoms with Gasteiger partial charge in [0.05, 0.1) is 21.5 Å². The quantitative estimate of drug-likeness (QED) is 0.575. The first-order valence-corrected chi connectivity index (χ1v) is 5.46. The van der Waals surface area contributed by atoms with Gasteiger partial charge < -0.3 is 0 Å². The normalized spacial score (nSPS) is 14.0. The molecule has 0 saturated carbocycles. The molecule has 3 nitrogen and oxygen atoms in total. The van der Waals surface area contributed by atoms with Gasteiger partial charge in [0.2, 0.25) is 4.69 Å². The lowest BCUT2D eigenvalue weighted by molar-refractivity contribution is 0.109. The number of hydrogen-bond acceptors (Lipinski definition) is 3. The maximum absolute atomic E-state index is 11.1. The number of benzene rings is 1. The van der Waals surface area contributed by atoms with Gasteiger partial charge in [0, 0.05) is 17.0 Å². The summed E-state index contributed by atoms with van der Waals surface area (Å²) >= 11 is 6.22. The predicted octanol–water partition coefficient (Wildman–Crippen LogP) is 1.16. The second kappa shape index (κ2) is 3.82. The Kier molecular flexibility index (Phi) is 2.69. The first kappa shape index (κ1) is 9.86. The largest absolute Gasteiger partial charge is 0.294 e. The molecule has 72 valence electrons. The Morgan fingerprint density at radius 3 is 3.00 bits per heavy atom. The van der Waals surface area contributed by atoms with Crippen LogP contribution in [0.3, 0.4) is 0 Å². The van der Waals surface area contributed by atoms with Gasteiger partial charge in [-0.05, 0) is 34.1 Å². The van der Waals surface area contributed by atoms with Crippen LogP contribution in [0.5, 0.6) is 0 Å². The highest BCUT2D eigenvalue weighted by Gasteiger charge is 2.04. The summed E-state index contributed by atoms with van der Waals surface area (Å²) < 4.78 is 1.68. The molecule has 2 rings (SSSR count). The van der Waals surface area contributed by atoms with Crippen LogP contribution in [0.4, 0.5) is 0 Å². The number of fused-ring (bicyclic) bond motifs is 1. The first-order valence-electron chi connectivity index (χ1n) is 3.95. The summed E-state index contributed by atoms with van der Waals surface area (Å²) in [6, 6.07) is 5.42. The number of carbonyl (C=O) groups is 1. The standard InChI is InChI=1S/C9H6Br2N2O/c10-9(14)6-1-2-8-7(3-6)4-13(11)5-12-8/h1-4H,5H2. The first-order chi connectivity index (χ1) is 6.66. The highest BCUT2D eigenvalue weighted by atomic mass is 79.9. The lowest BCUT2D eigenvalue weighted by Crippen LogP contribution is -2.32. The van der Waals surface area contributed by atoms with E-state index in [0.717, 1.165) is 10.6 Å². The molecule has 0 radical (unpaired) electrons. The Labute approximate surface area is 97.6 Å². The van der Waals surface area contributed by atoms with Crippen LogP contribution in [0.2, 0.25) is 0 Å². The van der Waals surface area contributed by atoms with Crippen LogP contribution in [-0.4, -0.2) is 15.3 Å². The van der Waals surface area contributed by atoms with Crippen LogP contribution in [-0.2, 0) is 0 Å². The van der Waals surface area contributed by atoms with E-state index < -0.39 is 0 Å². The molecule has 0 aromatic heterocycles. The van der Waals surface area contributed by atoms with Crippen LogP contribution in [0, 0.1) is 0 Å². The Bertz CT molecular complexity index is 498. The number of hydrogen-bond donors (Lipinski definition) is 0. The van der Waals surface area contributed by atoms with E-state index in [-0.39, 0.29) is 4.69 Å². The maximum Gasteiger partial charge on any atom is 0.228 e. The summed E-state index contributed by atoms with van der Waals surface area (Å²) in [7, 11) is 0. The average Bonchev–Trinajstić information content (AvgIpc) is 2.16. The molecule has 14 heavy (non-hydrogen) atoms. The molecule has 1 heterocycles. The molecule has 0 saturated heterocycles. The third-order valence-corrected chi connectivity index (χ3v) is 2.80. The minimum Gasteiger partial charge on any atom is -0.294 e. The zero-order valence-corrected chi connectivity index (χ0v) is 10.2. The van der Waals surface area contributed by atoms with E-state index in [2.05, 4.69) is 37.1 Å².